The van der Waals surface area contributed by atoms with Crippen molar-refractivity contribution in [2.75, 3.05) is 24.2 Å². The fourth-order valence-corrected chi connectivity index (χ4v) is 5.06. The standard InChI is InChI=1S/C24H24FN7O3S/c1-3-35-23(34)19-12(2)29-24(36-19)31-22(33)14-6-4-13(5-7-14)17-18-20(26)27-8-9-32(18)21(30-17)16-10-15(25)11-28-16/h4-9,15-16,28H,3,10-11H2,1-2H3,(H2,26,27)(H,29,31,33)/t15-,16-/m0/s1. The highest BCUT2D eigenvalue weighted by atomic mass is 32.1. The van der Waals surface area contributed by atoms with Gasteiger partial charge in [-0.05, 0) is 26.0 Å². The van der Waals surface area contributed by atoms with Gasteiger partial charge in [-0.25, -0.2) is 24.1 Å². The Labute approximate surface area is 209 Å². The smallest absolute Gasteiger partial charge is 0.350 e. The van der Waals surface area contributed by atoms with E-state index in [0.717, 1.165) is 16.9 Å². The predicted molar refractivity (Wildman–Crippen MR) is 134 cm³/mol. The molecular formula is C24H24FN7O3S. The molecule has 3 aromatic heterocycles. The van der Waals surface area contributed by atoms with Crippen LogP contribution in [0.25, 0.3) is 16.8 Å². The molecule has 1 aliphatic rings. The molecule has 1 fully saturated rings. The van der Waals surface area contributed by atoms with E-state index < -0.39 is 12.1 Å². The summed E-state index contributed by atoms with van der Waals surface area (Å²) in [4.78, 5) is 38.4. The summed E-state index contributed by atoms with van der Waals surface area (Å²) in [7, 11) is 0. The van der Waals surface area contributed by atoms with Crippen molar-refractivity contribution in [3.8, 4) is 11.3 Å². The fraction of sp³-hybridized carbons (Fsp3) is 0.292. The second-order valence-corrected chi connectivity index (χ2v) is 9.33. The molecule has 1 amide bonds. The van der Waals surface area contributed by atoms with Gasteiger partial charge in [0.25, 0.3) is 5.91 Å². The molecule has 4 N–H and O–H groups in total. The number of anilines is 2. The number of imidazole rings is 1. The number of nitrogens with one attached hydrogen (secondary N) is 2. The molecule has 1 aromatic carbocycles. The number of benzene rings is 1. The third kappa shape index (κ3) is 4.40. The number of aryl methyl sites for hydroxylation is 1. The van der Waals surface area contributed by atoms with Gasteiger partial charge in [-0.1, -0.05) is 23.5 Å². The molecular weight excluding hydrogens is 485 g/mol. The summed E-state index contributed by atoms with van der Waals surface area (Å²) >= 11 is 1.06. The van der Waals surface area contributed by atoms with Crippen LogP contribution < -0.4 is 16.4 Å². The van der Waals surface area contributed by atoms with Crippen molar-refractivity contribution in [2.45, 2.75) is 32.5 Å². The van der Waals surface area contributed by atoms with Crippen molar-refractivity contribution >= 4 is 39.7 Å². The highest BCUT2D eigenvalue weighted by Crippen LogP contribution is 2.33. The van der Waals surface area contributed by atoms with Crippen molar-refractivity contribution in [1.82, 2.24) is 24.7 Å². The van der Waals surface area contributed by atoms with E-state index in [4.69, 9.17) is 15.5 Å². The van der Waals surface area contributed by atoms with Gasteiger partial charge in [-0.15, -0.1) is 0 Å². The van der Waals surface area contributed by atoms with E-state index in [1.807, 2.05) is 4.40 Å². The van der Waals surface area contributed by atoms with Crippen LogP contribution in [0.15, 0.2) is 36.7 Å². The molecule has 1 saturated heterocycles. The number of halogens is 1. The zero-order valence-electron chi connectivity index (χ0n) is 19.6. The van der Waals surface area contributed by atoms with Crippen LogP contribution in [-0.2, 0) is 4.74 Å². The molecule has 0 unspecified atom stereocenters. The number of ether oxygens (including phenoxy) is 1. The van der Waals surface area contributed by atoms with E-state index in [1.165, 1.54) is 0 Å². The number of nitrogen functional groups attached to an aromatic ring is 1. The molecule has 0 bridgehead atoms. The minimum Gasteiger partial charge on any atom is -0.462 e. The maximum absolute atomic E-state index is 13.8. The third-order valence-corrected chi connectivity index (χ3v) is 6.95. The van der Waals surface area contributed by atoms with Crippen molar-refractivity contribution in [2.24, 2.45) is 0 Å². The molecule has 0 saturated carbocycles. The summed E-state index contributed by atoms with van der Waals surface area (Å²) in [6.07, 6.45) is 2.74. The number of amides is 1. The lowest BCUT2D eigenvalue weighted by Gasteiger charge is -2.08. The Kier molecular flexibility index (Phi) is 6.37. The lowest BCUT2D eigenvalue weighted by molar-refractivity contribution is 0.0531. The van der Waals surface area contributed by atoms with E-state index in [2.05, 4.69) is 20.6 Å². The number of nitrogens with zero attached hydrogens (tertiary/aromatic N) is 4. The highest BCUT2D eigenvalue weighted by molar-refractivity contribution is 7.17. The molecule has 5 rings (SSSR count). The molecule has 12 heteroatoms. The van der Waals surface area contributed by atoms with Crippen molar-refractivity contribution < 1.29 is 18.7 Å². The Hall–Kier alpha value is -3.90. The molecule has 10 nitrogen and oxygen atoms in total. The van der Waals surface area contributed by atoms with Crippen LogP contribution in [0.2, 0.25) is 0 Å². The first-order valence-electron chi connectivity index (χ1n) is 11.4. The molecule has 1 aliphatic heterocycles. The number of carbonyl (C=O) groups excluding carboxylic acids is 2. The Morgan fingerprint density at radius 1 is 1.31 bits per heavy atom. The average Bonchev–Trinajstić information content (AvgIpc) is 3.56. The van der Waals surface area contributed by atoms with Crippen molar-refractivity contribution in [3.63, 3.8) is 0 Å². The maximum atomic E-state index is 13.8. The summed E-state index contributed by atoms with van der Waals surface area (Å²) in [6.45, 7) is 3.95. The fourth-order valence-electron chi connectivity index (χ4n) is 4.21. The number of hydrogen-bond acceptors (Lipinski definition) is 9. The largest absolute Gasteiger partial charge is 0.462 e. The van der Waals surface area contributed by atoms with Crippen LogP contribution in [-0.4, -0.2) is 50.6 Å². The van der Waals surface area contributed by atoms with E-state index >= 15 is 0 Å². The van der Waals surface area contributed by atoms with Crippen molar-refractivity contribution in [3.05, 3.63) is 58.6 Å². The van der Waals surface area contributed by atoms with Gasteiger partial charge in [0.05, 0.1) is 18.3 Å². The molecule has 186 valence electrons. The van der Waals surface area contributed by atoms with Crippen LogP contribution in [0.3, 0.4) is 0 Å². The number of alkyl halides is 1. The first kappa shape index (κ1) is 23.8. The van der Waals surface area contributed by atoms with Crippen LogP contribution in [0.4, 0.5) is 15.3 Å². The zero-order valence-corrected chi connectivity index (χ0v) is 20.4. The summed E-state index contributed by atoms with van der Waals surface area (Å²) in [5.74, 6) is 0.131. The van der Waals surface area contributed by atoms with Gasteiger partial charge in [0.15, 0.2) is 5.13 Å². The quantitative estimate of drug-likeness (QED) is 0.336. The van der Waals surface area contributed by atoms with E-state index in [0.29, 0.717) is 50.5 Å². The molecule has 36 heavy (non-hydrogen) atoms. The van der Waals surface area contributed by atoms with E-state index in [1.54, 1.807) is 50.5 Å². The number of hydrogen-bond donors (Lipinski definition) is 3. The molecule has 4 aromatic rings. The maximum Gasteiger partial charge on any atom is 0.350 e. The molecule has 0 aliphatic carbocycles. The van der Waals surface area contributed by atoms with Crippen LogP contribution >= 0.6 is 11.3 Å². The van der Waals surface area contributed by atoms with Gasteiger partial charge in [0.2, 0.25) is 0 Å². The number of carbonyl (C=O) groups is 2. The lowest BCUT2D eigenvalue weighted by atomic mass is 10.1. The first-order valence-corrected chi connectivity index (χ1v) is 12.2. The van der Waals surface area contributed by atoms with Gasteiger partial charge in [0, 0.05) is 36.5 Å². The van der Waals surface area contributed by atoms with E-state index in [-0.39, 0.29) is 25.1 Å². The average molecular weight is 510 g/mol. The van der Waals surface area contributed by atoms with Gasteiger partial charge in [-0.2, -0.15) is 0 Å². The van der Waals surface area contributed by atoms with Gasteiger partial charge >= 0.3 is 5.97 Å². The number of aromatic nitrogens is 4. The molecule has 0 radical (unpaired) electrons. The zero-order chi connectivity index (χ0) is 25.4. The third-order valence-electron chi connectivity index (χ3n) is 5.90. The summed E-state index contributed by atoms with van der Waals surface area (Å²) < 4.78 is 20.7. The number of esters is 1. The summed E-state index contributed by atoms with van der Waals surface area (Å²) in [6, 6.07) is 6.63. The van der Waals surface area contributed by atoms with Crippen molar-refractivity contribution in [1.29, 1.82) is 0 Å². The Morgan fingerprint density at radius 3 is 2.78 bits per heavy atom. The van der Waals surface area contributed by atoms with Crippen LogP contribution in [0.1, 0.15) is 50.9 Å². The number of nitrogens with two attached hydrogens (primary N) is 1. The molecule has 2 atom stereocenters. The van der Waals surface area contributed by atoms with Crippen LogP contribution in [0, 0.1) is 6.92 Å². The SMILES string of the molecule is CCOC(=O)c1sc(NC(=O)c2ccc(-c3nc([C@@H]4C[C@H](F)CN4)n4ccnc(N)c34)cc2)nc1C. The number of thiazole rings is 1. The van der Waals surface area contributed by atoms with Crippen LogP contribution in [0.5, 0.6) is 0 Å². The summed E-state index contributed by atoms with van der Waals surface area (Å²) in [5.41, 5.74) is 9.03. The second-order valence-electron chi connectivity index (χ2n) is 8.33. The van der Waals surface area contributed by atoms with Gasteiger partial charge < -0.3 is 15.8 Å². The second kappa shape index (κ2) is 9.63. The van der Waals surface area contributed by atoms with Gasteiger partial charge in [0.1, 0.15) is 33.9 Å². The first-order chi connectivity index (χ1) is 17.4. The Balaban J connectivity index is 1.40. The lowest BCUT2D eigenvalue weighted by Crippen LogP contribution is -2.16. The Bertz CT molecular complexity index is 1450. The molecule has 4 heterocycles. The van der Waals surface area contributed by atoms with E-state index in [9.17, 15) is 14.0 Å². The molecule has 0 spiro atoms. The topological polar surface area (TPSA) is 137 Å². The number of fused-ring (bicyclic) bond motifs is 1. The minimum atomic E-state index is -0.933. The predicted octanol–water partition coefficient (Wildman–Crippen LogP) is 3.54. The number of rotatable bonds is 6. The highest BCUT2D eigenvalue weighted by Gasteiger charge is 2.30. The monoisotopic (exact) mass is 509 g/mol. The van der Waals surface area contributed by atoms with Gasteiger partial charge in [-0.3, -0.25) is 14.5 Å². The minimum absolute atomic E-state index is 0.241. The summed E-state index contributed by atoms with van der Waals surface area (Å²) in [5, 5.41) is 6.20. The Morgan fingerprint density at radius 2 is 2.08 bits per heavy atom. The normalized spacial score (nSPS) is 17.4.